The number of fused-ring (bicyclic) bond motifs is 1. The van der Waals surface area contributed by atoms with E-state index in [-0.39, 0.29) is 0 Å². The number of aliphatic hydroxyl groups is 1. The summed E-state index contributed by atoms with van der Waals surface area (Å²) in [5.41, 5.74) is 6.21. The van der Waals surface area contributed by atoms with Gasteiger partial charge in [-0.1, -0.05) is 31.5 Å². The first-order valence-electron chi connectivity index (χ1n) is 10.4. The Labute approximate surface area is 176 Å². The summed E-state index contributed by atoms with van der Waals surface area (Å²) in [5.74, 6) is 0. The van der Waals surface area contributed by atoms with E-state index < -0.39 is 6.35 Å². The quantitative estimate of drug-likeness (QED) is 0.248. The van der Waals surface area contributed by atoms with Crippen molar-refractivity contribution in [2.24, 2.45) is 0 Å². The van der Waals surface area contributed by atoms with Crippen molar-refractivity contribution in [2.75, 3.05) is 11.9 Å². The van der Waals surface area contributed by atoms with Crippen LogP contribution in [-0.4, -0.2) is 33.0 Å². The van der Waals surface area contributed by atoms with Gasteiger partial charge in [0.05, 0.1) is 0 Å². The summed E-state index contributed by atoms with van der Waals surface area (Å²) in [6.07, 6.45) is 9.66. The molecule has 1 atom stereocenters. The Kier molecular flexibility index (Phi) is 6.37. The molecule has 6 nitrogen and oxygen atoms in total. The smallest absolute Gasteiger partial charge is 0.181 e. The van der Waals surface area contributed by atoms with E-state index in [0.29, 0.717) is 0 Å². The van der Waals surface area contributed by atoms with E-state index in [1.54, 1.807) is 6.20 Å². The molecule has 0 aliphatic carbocycles. The van der Waals surface area contributed by atoms with Gasteiger partial charge in [-0.2, -0.15) is 0 Å². The maximum atomic E-state index is 10.1. The Balaban J connectivity index is 1.51. The van der Waals surface area contributed by atoms with Gasteiger partial charge in [0, 0.05) is 47.0 Å². The molecule has 4 aromatic rings. The molecule has 0 radical (unpaired) electrons. The molecule has 0 saturated heterocycles. The predicted octanol–water partition coefficient (Wildman–Crippen LogP) is 4.29. The molecule has 0 aliphatic rings. The van der Waals surface area contributed by atoms with Gasteiger partial charge in [0.15, 0.2) is 6.35 Å². The molecule has 3 aromatic heterocycles. The normalized spacial score (nSPS) is 12.2. The fraction of sp³-hybridized carbons (Fsp3) is 0.250. The lowest BCUT2D eigenvalue weighted by atomic mass is 10.0. The third-order valence-electron chi connectivity index (χ3n) is 5.10. The maximum Gasteiger partial charge on any atom is 0.181 e. The molecule has 30 heavy (non-hydrogen) atoms. The van der Waals surface area contributed by atoms with Crippen LogP contribution in [0.25, 0.3) is 22.2 Å². The summed E-state index contributed by atoms with van der Waals surface area (Å²) in [7, 11) is 0. The first-order valence-corrected chi connectivity index (χ1v) is 10.4. The van der Waals surface area contributed by atoms with Crippen LogP contribution in [0.1, 0.15) is 30.9 Å². The summed E-state index contributed by atoms with van der Waals surface area (Å²) < 4.78 is 0. The lowest BCUT2D eigenvalue weighted by molar-refractivity contribution is 0.165. The highest BCUT2D eigenvalue weighted by atomic mass is 16.3. The highest BCUT2D eigenvalue weighted by Crippen LogP contribution is 2.26. The van der Waals surface area contributed by atoms with Crippen LogP contribution in [-0.2, 0) is 6.42 Å². The number of H-pyrrole nitrogens is 1. The molecule has 0 bridgehead atoms. The van der Waals surface area contributed by atoms with Crippen LogP contribution >= 0.6 is 0 Å². The van der Waals surface area contributed by atoms with Crippen molar-refractivity contribution in [3.05, 3.63) is 78.4 Å². The molecule has 0 fully saturated rings. The van der Waals surface area contributed by atoms with E-state index in [9.17, 15) is 5.11 Å². The summed E-state index contributed by atoms with van der Waals surface area (Å²) in [6, 6.07) is 14.3. The summed E-state index contributed by atoms with van der Waals surface area (Å²) in [5, 5.41) is 17.4. The maximum absolute atomic E-state index is 10.1. The van der Waals surface area contributed by atoms with Crippen molar-refractivity contribution in [2.45, 2.75) is 32.5 Å². The molecule has 154 valence electrons. The zero-order valence-corrected chi connectivity index (χ0v) is 17.1. The van der Waals surface area contributed by atoms with Crippen molar-refractivity contribution in [3.8, 4) is 11.1 Å². The summed E-state index contributed by atoms with van der Waals surface area (Å²) in [6.45, 7) is 2.91. The summed E-state index contributed by atoms with van der Waals surface area (Å²) in [4.78, 5) is 12.1. The van der Waals surface area contributed by atoms with Gasteiger partial charge < -0.3 is 15.4 Å². The minimum Gasteiger partial charge on any atom is -0.361 e. The number of unbranched alkanes of at least 4 members (excludes halogenated alkanes) is 1. The van der Waals surface area contributed by atoms with E-state index in [4.69, 9.17) is 0 Å². The number of rotatable bonds is 9. The van der Waals surface area contributed by atoms with Crippen LogP contribution in [0.2, 0.25) is 0 Å². The van der Waals surface area contributed by atoms with Gasteiger partial charge in [-0.25, -0.2) is 4.98 Å². The average Bonchev–Trinajstić information content (AvgIpc) is 3.17. The summed E-state index contributed by atoms with van der Waals surface area (Å²) >= 11 is 0. The number of hydrogen-bond donors (Lipinski definition) is 4. The third kappa shape index (κ3) is 4.84. The van der Waals surface area contributed by atoms with Crippen LogP contribution < -0.4 is 10.6 Å². The number of hydrogen-bond acceptors (Lipinski definition) is 5. The van der Waals surface area contributed by atoms with Gasteiger partial charge in [-0.3, -0.25) is 10.3 Å². The Hall–Kier alpha value is -3.22. The minimum absolute atomic E-state index is 0.758. The number of nitrogens with one attached hydrogen (secondary N) is 3. The minimum atomic E-state index is -0.758. The largest absolute Gasteiger partial charge is 0.361 e. The van der Waals surface area contributed by atoms with Gasteiger partial charge in [-0.05, 0) is 54.8 Å². The van der Waals surface area contributed by atoms with E-state index in [1.165, 1.54) is 5.56 Å². The van der Waals surface area contributed by atoms with E-state index in [2.05, 4.69) is 50.7 Å². The van der Waals surface area contributed by atoms with Crippen molar-refractivity contribution >= 4 is 16.7 Å². The first-order chi connectivity index (χ1) is 14.7. The van der Waals surface area contributed by atoms with E-state index in [0.717, 1.165) is 59.2 Å². The number of nitrogens with zero attached hydrogens (tertiary/aromatic N) is 2. The van der Waals surface area contributed by atoms with Crippen molar-refractivity contribution in [1.82, 2.24) is 20.3 Å². The number of pyridine rings is 2. The Morgan fingerprint density at radius 1 is 1.10 bits per heavy atom. The highest BCUT2D eigenvalue weighted by Gasteiger charge is 2.09. The number of aromatic amines is 1. The monoisotopic (exact) mass is 401 g/mol. The lowest BCUT2D eigenvalue weighted by Gasteiger charge is -2.16. The average molecular weight is 402 g/mol. The molecule has 0 saturated carbocycles. The second-order valence-electron chi connectivity index (χ2n) is 7.41. The molecule has 6 heteroatoms. The van der Waals surface area contributed by atoms with Crippen molar-refractivity contribution in [3.63, 3.8) is 0 Å². The second-order valence-corrected chi connectivity index (χ2v) is 7.41. The highest BCUT2D eigenvalue weighted by molar-refractivity contribution is 5.84. The van der Waals surface area contributed by atoms with Crippen LogP contribution in [0.4, 0.5) is 5.69 Å². The van der Waals surface area contributed by atoms with Crippen LogP contribution in [0.3, 0.4) is 0 Å². The topological polar surface area (TPSA) is 85.9 Å². The first kappa shape index (κ1) is 20.1. The number of benzene rings is 1. The lowest BCUT2D eigenvalue weighted by Crippen LogP contribution is -2.36. The second kappa shape index (κ2) is 9.52. The van der Waals surface area contributed by atoms with E-state index in [1.807, 2.05) is 42.9 Å². The fourth-order valence-corrected chi connectivity index (χ4v) is 3.51. The molecule has 0 spiro atoms. The fourth-order valence-electron chi connectivity index (χ4n) is 3.51. The van der Waals surface area contributed by atoms with Gasteiger partial charge in [-0.15, -0.1) is 0 Å². The molecular weight excluding hydrogens is 374 g/mol. The van der Waals surface area contributed by atoms with Gasteiger partial charge in [0.2, 0.25) is 0 Å². The van der Waals surface area contributed by atoms with Crippen LogP contribution in [0.15, 0.2) is 67.3 Å². The zero-order chi connectivity index (χ0) is 20.8. The molecule has 0 amide bonds. The number of aliphatic hydroxyl groups excluding tert-OH is 1. The Morgan fingerprint density at radius 3 is 2.87 bits per heavy atom. The van der Waals surface area contributed by atoms with Crippen molar-refractivity contribution in [1.29, 1.82) is 0 Å². The molecule has 1 aromatic carbocycles. The van der Waals surface area contributed by atoms with Crippen LogP contribution in [0.5, 0.6) is 0 Å². The predicted molar refractivity (Wildman–Crippen MR) is 121 cm³/mol. The molecule has 0 aliphatic heterocycles. The number of aromatic nitrogens is 3. The van der Waals surface area contributed by atoms with Crippen molar-refractivity contribution < 1.29 is 5.11 Å². The van der Waals surface area contributed by atoms with E-state index >= 15 is 0 Å². The Bertz CT molecular complexity index is 1090. The van der Waals surface area contributed by atoms with Crippen LogP contribution in [0, 0.1) is 0 Å². The third-order valence-corrected chi connectivity index (χ3v) is 5.10. The molecule has 4 N–H and O–H groups in total. The molecule has 3 heterocycles. The van der Waals surface area contributed by atoms with Gasteiger partial charge >= 0.3 is 0 Å². The Morgan fingerprint density at radius 2 is 2.03 bits per heavy atom. The van der Waals surface area contributed by atoms with Gasteiger partial charge in [0.25, 0.3) is 0 Å². The standard InChI is InChI=1S/C24H27N5O/c1-2-3-10-26-24(30)29-21-8-4-6-17(12-21)11-20-16-28-23-22(20)13-19(15-27-23)18-7-5-9-25-14-18/h4-9,12-16,24,26,29-30H,2-3,10-11H2,1H3,(H,27,28). The number of anilines is 1. The SMILES string of the molecule is CCCCNC(O)Nc1cccc(Cc2c[nH]c3ncc(-c4cccnc4)cc23)c1. The van der Waals surface area contributed by atoms with Gasteiger partial charge in [0.1, 0.15) is 5.65 Å². The molecule has 1 unspecified atom stereocenters. The molecular formula is C24H27N5O. The molecule has 4 rings (SSSR count). The zero-order valence-electron chi connectivity index (χ0n) is 17.1.